The van der Waals surface area contributed by atoms with Gasteiger partial charge in [-0.25, -0.2) is 4.98 Å². The highest BCUT2D eigenvalue weighted by Gasteiger charge is 2.47. The monoisotopic (exact) mass is 726 g/mol. The van der Waals surface area contributed by atoms with Gasteiger partial charge >= 0.3 is 0 Å². The molecule has 3 aromatic heterocycles. The summed E-state index contributed by atoms with van der Waals surface area (Å²) in [6.45, 7) is 0. The van der Waals surface area contributed by atoms with Gasteiger partial charge in [-0.05, 0) is 75.3 Å². The highest BCUT2D eigenvalue weighted by Crippen LogP contribution is 2.58. The molecule has 0 fully saturated rings. The summed E-state index contributed by atoms with van der Waals surface area (Å²) in [6, 6.07) is 74.3. The van der Waals surface area contributed by atoms with Crippen molar-refractivity contribution in [3.63, 3.8) is 0 Å². The molecule has 57 heavy (non-hydrogen) atoms. The molecule has 0 unspecified atom stereocenters. The van der Waals surface area contributed by atoms with E-state index in [0.717, 1.165) is 66.7 Å². The third-order valence-corrected chi connectivity index (χ3v) is 12.1. The lowest BCUT2D eigenvalue weighted by Crippen LogP contribution is -2.28. The highest BCUT2D eigenvalue weighted by atomic mass is 16.3. The van der Waals surface area contributed by atoms with Crippen molar-refractivity contribution in [3.05, 3.63) is 229 Å². The van der Waals surface area contributed by atoms with Crippen molar-refractivity contribution in [2.45, 2.75) is 5.41 Å². The van der Waals surface area contributed by atoms with Gasteiger partial charge in [0.1, 0.15) is 17.0 Å². The number of fused-ring (bicyclic) bond motifs is 9. The van der Waals surface area contributed by atoms with Crippen molar-refractivity contribution in [2.75, 3.05) is 0 Å². The summed E-state index contributed by atoms with van der Waals surface area (Å²) in [5, 5.41) is 4.61. The highest BCUT2D eigenvalue weighted by molar-refractivity contribution is 6.11. The van der Waals surface area contributed by atoms with Crippen molar-refractivity contribution in [2.24, 2.45) is 0 Å². The van der Waals surface area contributed by atoms with Crippen LogP contribution in [0.25, 0.3) is 83.1 Å². The second kappa shape index (κ2) is 12.3. The predicted molar refractivity (Wildman–Crippen MR) is 234 cm³/mol. The fourth-order valence-electron chi connectivity index (χ4n) is 9.67. The van der Waals surface area contributed by atoms with Crippen LogP contribution in [0.3, 0.4) is 0 Å². The van der Waals surface area contributed by atoms with Crippen LogP contribution in [0, 0.1) is 0 Å². The van der Waals surface area contributed by atoms with Crippen molar-refractivity contribution in [1.82, 2.24) is 9.55 Å². The molecule has 3 nitrogen and oxygen atoms in total. The normalized spacial score (nSPS) is 13.1. The van der Waals surface area contributed by atoms with E-state index in [-0.39, 0.29) is 0 Å². The molecule has 8 aromatic carbocycles. The Morgan fingerprint density at radius 3 is 1.77 bits per heavy atom. The van der Waals surface area contributed by atoms with Crippen LogP contribution in [0.15, 0.2) is 211 Å². The average molecular weight is 727 g/mol. The molecule has 0 spiro atoms. The van der Waals surface area contributed by atoms with E-state index < -0.39 is 5.41 Å². The van der Waals surface area contributed by atoms with Gasteiger partial charge in [0.25, 0.3) is 0 Å². The molecule has 1 aliphatic carbocycles. The van der Waals surface area contributed by atoms with E-state index >= 15 is 0 Å². The first-order chi connectivity index (χ1) is 28.3. The number of benzene rings is 8. The third-order valence-electron chi connectivity index (χ3n) is 12.1. The van der Waals surface area contributed by atoms with Crippen molar-refractivity contribution >= 4 is 43.7 Å². The summed E-state index contributed by atoms with van der Waals surface area (Å²) in [4.78, 5) is 5.40. The number of aromatic nitrogens is 2. The largest absolute Gasteiger partial charge is 0.456 e. The van der Waals surface area contributed by atoms with Gasteiger partial charge in [-0.15, -0.1) is 0 Å². The summed E-state index contributed by atoms with van der Waals surface area (Å²) in [5.74, 6) is 0.882. The summed E-state index contributed by atoms with van der Waals surface area (Å²) in [7, 11) is 0. The molecule has 3 heteroatoms. The van der Waals surface area contributed by atoms with Crippen LogP contribution in [0.5, 0.6) is 0 Å². The minimum Gasteiger partial charge on any atom is -0.456 e. The van der Waals surface area contributed by atoms with Crippen LogP contribution < -0.4 is 0 Å². The molecule has 0 N–H and O–H groups in total. The first-order valence-electron chi connectivity index (χ1n) is 19.5. The van der Waals surface area contributed by atoms with Crippen molar-refractivity contribution in [3.8, 4) is 39.3 Å². The molecule has 0 radical (unpaired) electrons. The zero-order valence-electron chi connectivity index (χ0n) is 30.9. The Morgan fingerprint density at radius 1 is 0.404 bits per heavy atom. The SMILES string of the molecule is c1ccc(-c2cc(-c3ccccc3)nc(-n3c4ccccc4c4cc(C5(c6cccc7c6oc6ccccc67)c6ccccc6-c6ccccc65)ccc43)c2)cc1. The van der Waals surface area contributed by atoms with Gasteiger partial charge in [0.15, 0.2) is 0 Å². The summed E-state index contributed by atoms with van der Waals surface area (Å²) < 4.78 is 9.22. The maximum atomic E-state index is 6.88. The molecular weight excluding hydrogens is 693 g/mol. The number of hydrogen-bond acceptors (Lipinski definition) is 2. The van der Waals surface area contributed by atoms with Crippen LogP contribution in [-0.4, -0.2) is 9.55 Å². The molecule has 11 aromatic rings. The van der Waals surface area contributed by atoms with Gasteiger partial charge in [-0.1, -0.05) is 170 Å². The molecule has 266 valence electrons. The number of para-hydroxylation sites is 3. The minimum absolute atomic E-state index is 0.649. The first kappa shape index (κ1) is 31.8. The number of furan rings is 1. The Labute approximate surface area is 329 Å². The van der Waals surface area contributed by atoms with Crippen LogP contribution in [0.1, 0.15) is 22.3 Å². The Balaban J connectivity index is 1.17. The molecule has 0 saturated heterocycles. The van der Waals surface area contributed by atoms with E-state index in [4.69, 9.17) is 9.40 Å². The minimum atomic E-state index is -0.649. The van der Waals surface area contributed by atoms with Crippen molar-refractivity contribution < 1.29 is 4.42 Å². The zero-order valence-corrected chi connectivity index (χ0v) is 30.9. The smallest absolute Gasteiger partial charge is 0.140 e. The number of pyridine rings is 1. The number of rotatable bonds is 5. The van der Waals surface area contributed by atoms with Gasteiger partial charge in [0.2, 0.25) is 0 Å². The molecule has 0 saturated carbocycles. The van der Waals surface area contributed by atoms with Gasteiger partial charge in [-0.3, -0.25) is 4.57 Å². The molecule has 0 amide bonds. The molecule has 0 atom stereocenters. The quantitative estimate of drug-likeness (QED) is 0.177. The summed E-state index contributed by atoms with van der Waals surface area (Å²) in [6.07, 6.45) is 0. The van der Waals surface area contributed by atoms with E-state index in [1.807, 2.05) is 0 Å². The molecule has 3 heterocycles. The number of hydrogen-bond donors (Lipinski definition) is 0. The molecular formula is C54H34N2O. The Bertz CT molecular complexity index is 3250. The van der Waals surface area contributed by atoms with E-state index in [1.165, 1.54) is 38.6 Å². The second-order valence-electron chi connectivity index (χ2n) is 15.0. The summed E-state index contributed by atoms with van der Waals surface area (Å²) in [5.41, 5.74) is 15.0. The maximum Gasteiger partial charge on any atom is 0.140 e. The maximum absolute atomic E-state index is 6.88. The number of nitrogens with zero attached hydrogens (tertiary/aromatic N) is 2. The van der Waals surface area contributed by atoms with Gasteiger partial charge in [-0.2, -0.15) is 0 Å². The summed E-state index contributed by atoms with van der Waals surface area (Å²) >= 11 is 0. The fourth-order valence-corrected chi connectivity index (χ4v) is 9.67. The van der Waals surface area contributed by atoms with E-state index in [1.54, 1.807) is 0 Å². The third kappa shape index (κ3) is 4.57. The Hall–Kier alpha value is -7.49. The topological polar surface area (TPSA) is 31.0 Å². The average Bonchev–Trinajstić information content (AvgIpc) is 3.93. The lowest BCUT2D eigenvalue weighted by molar-refractivity contribution is 0.648. The van der Waals surface area contributed by atoms with Crippen LogP contribution >= 0.6 is 0 Å². The molecule has 1 aliphatic rings. The molecule has 12 rings (SSSR count). The Kier molecular flexibility index (Phi) is 6.84. The lowest BCUT2D eigenvalue weighted by atomic mass is 9.67. The van der Waals surface area contributed by atoms with E-state index in [9.17, 15) is 0 Å². The van der Waals surface area contributed by atoms with Crippen LogP contribution in [-0.2, 0) is 5.41 Å². The standard InChI is InChI=1S/C54H34N2O/c1-3-16-35(17-4-1)37-32-48(36-18-5-2-6-19-36)55-52(33-37)56-49-28-13-9-22-41(49)44-34-38(30-31-50(44)56)54(45-25-11-7-20-39(45)40-21-8-12-26-46(40)54)47-27-15-24-43-42-23-10-14-29-51(42)57-53(43)47/h1-34H. The van der Waals surface area contributed by atoms with Gasteiger partial charge in [0.05, 0.1) is 22.1 Å². The fraction of sp³-hybridized carbons (Fsp3) is 0.0185. The van der Waals surface area contributed by atoms with Crippen LogP contribution in [0.2, 0.25) is 0 Å². The van der Waals surface area contributed by atoms with Crippen LogP contribution in [0.4, 0.5) is 0 Å². The van der Waals surface area contributed by atoms with Crippen molar-refractivity contribution in [1.29, 1.82) is 0 Å². The lowest BCUT2D eigenvalue weighted by Gasteiger charge is -2.34. The molecule has 0 aliphatic heterocycles. The first-order valence-corrected chi connectivity index (χ1v) is 19.5. The zero-order chi connectivity index (χ0) is 37.5. The second-order valence-corrected chi connectivity index (χ2v) is 15.0. The van der Waals surface area contributed by atoms with E-state index in [0.29, 0.717) is 0 Å². The van der Waals surface area contributed by atoms with Gasteiger partial charge in [0, 0.05) is 32.7 Å². The Morgan fingerprint density at radius 2 is 1.00 bits per heavy atom. The van der Waals surface area contributed by atoms with Gasteiger partial charge < -0.3 is 4.42 Å². The predicted octanol–water partition coefficient (Wildman–Crippen LogP) is 13.8. The van der Waals surface area contributed by atoms with E-state index in [2.05, 4.69) is 211 Å². The molecule has 0 bridgehead atoms.